The van der Waals surface area contributed by atoms with Crippen LogP contribution < -0.4 is 0 Å². The monoisotopic (exact) mass is 263 g/mol. The normalized spacial score (nSPS) is 12.3. The number of nitrogens with zero attached hydrogens (tertiary/aromatic N) is 1. The first kappa shape index (κ1) is 15.2. The Balaban J connectivity index is 2.77. The minimum Gasteiger partial charge on any atom is -0.478 e. The summed E-state index contributed by atoms with van der Waals surface area (Å²) in [4.78, 5) is 24.7. The summed E-state index contributed by atoms with van der Waals surface area (Å²) in [5.41, 5.74) is 0.942. The van der Waals surface area contributed by atoms with Crippen LogP contribution in [-0.4, -0.2) is 35.0 Å². The molecule has 104 valence electrons. The van der Waals surface area contributed by atoms with Gasteiger partial charge < -0.3 is 10.0 Å². The third kappa shape index (κ3) is 4.09. The highest BCUT2D eigenvalue weighted by molar-refractivity contribution is 5.88. The van der Waals surface area contributed by atoms with E-state index < -0.39 is 5.97 Å². The molecule has 1 aromatic carbocycles. The minimum absolute atomic E-state index is 0.00346. The summed E-state index contributed by atoms with van der Waals surface area (Å²) < 4.78 is 0. The van der Waals surface area contributed by atoms with Crippen molar-refractivity contribution in [1.82, 2.24) is 4.90 Å². The lowest BCUT2D eigenvalue weighted by atomic mass is 10.0. The van der Waals surface area contributed by atoms with Gasteiger partial charge in [0.15, 0.2) is 0 Å². The van der Waals surface area contributed by atoms with Crippen LogP contribution in [0.2, 0.25) is 0 Å². The van der Waals surface area contributed by atoms with E-state index in [9.17, 15) is 9.59 Å². The molecular formula is C15H21NO3. The average molecular weight is 263 g/mol. The fraction of sp³-hybridized carbons (Fsp3) is 0.467. The van der Waals surface area contributed by atoms with E-state index in [1.165, 1.54) is 6.07 Å². The van der Waals surface area contributed by atoms with Gasteiger partial charge in [0.25, 0.3) is 0 Å². The lowest BCUT2D eigenvalue weighted by Gasteiger charge is -2.28. The topological polar surface area (TPSA) is 57.6 Å². The molecule has 0 aromatic heterocycles. The molecule has 0 bridgehead atoms. The van der Waals surface area contributed by atoms with Gasteiger partial charge in [-0.1, -0.05) is 26.0 Å². The van der Waals surface area contributed by atoms with Gasteiger partial charge in [-0.25, -0.2) is 4.79 Å². The molecule has 0 aliphatic rings. The van der Waals surface area contributed by atoms with Crippen LogP contribution in [-0.2, 0) is 11.2 Å². The number of aromatic carboxylic acids is 1. The first-order valence-corrected chi connectivity index (χ1v) is 6.40. The number of rotatable bonds is 5. The molecule has 1 rings (SSSR count). The van der Waals surface area contributed by atoms with E-state index >= 15 is 0 Å². The Labute approximate surface area is 114 Å². The lowest BCUT2D eigenvalue weighted by molar-refractivity contribution is -0.131. The molecule has 0 heterocycles. The molecule has 0 spiro atoms. The molecule has 19 heavy (non-hydrogen) atoms. The summed E-state index contributed by atoms with van der Waals surface area (Å²) in [6, 6.07) is 6.68. The SMILES string of the molecule is CC(C)C(C)N(C)C(=O)Cc1cccc(C(=O)O)c1. The van der Waals surface area contributed by atoms with E-state index in [2.05, 4.69) is 13.8 Å². The van der Waals surface area contributed by atoms with Gasteiger partial charge in [0, 0.05) is 13.1 Å². The van der Waals surface area contributed by atoms with Crippen molar-refractivity contribution in [2.75, 3.05) is 7.05 Å². The zero-order chi connectivity index (χ0) is 14.6. The number of carboxylic acids is 1. The molecule has 1 aromatic rings. The summed E-state index contributed by atoms with van der Waals surface area (Å²) in [5, 5.41) is 8.92. The maximum atomic E-state index is 12.1. The Kier molecular flexibility index (Phi) is 5.10. The first-order chi connectivity index (χ1) is 8.82. The molecule has 0 saturated heterocycles. The fourth-order valence-corrected chi connectivity index (χ4v) is 1.79. The number of hydrogen-bond acceptors (Lipinski definition) is 2. The number of hydrogen-bond donors (Lipinski definition) is 1. The molecule has 4 heteroatoms. The smallest absolute Gasteiger partial charge is 0.335 e. The van der Waals surface area contributed by atoms with Crippen molar-refractivity contribution in [1.29, 1.82) is 0 Å². The van der Waals surface area contributed by atoms with Gasteiger partial charge in [-0.05, 0) is 30.5 Å². The fourth-order valence-electron chi connectivity index (χ4n) is 1.79. The standard InChI is InChI=1S/C15H21NO3/c1-10(2)11(3)16(4)14(17)9-12-6-5-7-13(8-12)15(18)19/h5-8,10-11H,9H2,1-4H3,(H,18,19). The van der Waals surface area contributed by atoms with Crippen LogP contribution in [0.1, 0.15) is 36.7 Å². The van der Waals surface area contributed by atoms with E-state index in [1.807, 2.05) is 6.92 Å². The Morgan fingerprint density at radius 2 is 1.89 bits per heavy atom. The number of carbonyl (C=O) groups excluding carboxylic acids is 1. The molecule has 0 radical (unpaired) electrons. The van der Waals surface area contributed by atoms with Gasteiger partial charge in [-0.3, -0.25) is 4.79 Å². The van der Waals surface area contributed by atoms with E-state index in [4.69, 9.17) is 5.11 Å². The third-order valence-electron chi connectivity index (χ3n) is 3.50. The maximum Gasteiger partial charge on any atom is 0.335 e. The van der Waals surface area contributed by atoms with Crippen LogP contribution in [0.4, 0.5) is 0 Å². The zero-order valence-corrected chi connectivity index (χ0v) is 11.9. The summed E-state index contributed by atoms with van der Waals surface area (Å²) in [6.07, 6.45) is 0.231. The second kappa shape index (κ2) is 6.36. The molecule has 1 atom stereocenters. The average Bonchev–Trinajstić information content (AvgIpc) is 2.37. The van der Waals surface area contributed by atoms with Gasteiger partial charge in [0.2, 0.25) is 5.91 Å². The highest BCUT2D eigenvalue weighted by Crippen LogP contribution is 2.12. The van der Waals surface area contributed by atoms with Crippen LogP contribution >= 0.6 is 0 Å². The van der Waals surface area contributed by atoms with Crippen LogP contribution in [0.25, 0.3) is 0 Å². The molecule has 0 fully saturated rings. The van der Waals surface area contributed by atoms with Crippen molar-refractivity contribution >= 4 is 11.9 Å². The highest BCUT2D eigenvalue weighted by Gasteiger charge is 2.18. The van der Waals surface area contributed by atoms with Crippen molar-refractivity contribution in [2.45, 2.75) is 33.2 Å². The largest absolute Gasteiger partial charge is 0.478 e. The molecular weight excluding hydrogens is 242 g/mol. The molecule has 1 unspecified atom stereocenters. The number of carboxylic acid groups (broad SMARTS) is 1. The third-order valence-corrected chi connectivity index (χ3v) is 3.50. The number of carbonyl (C=O) groups is 2. The lowest BCUT2D eigenvalue weighted by Crippen LogP contribution is -2.39. The number of benzene rings is 1. The van der Waals surface area contributed by atoms with E-state index in [0.717, 1.165) is 5.56 Å². The Morgan fingerprint density at radius 3 is 2.42 bits per heavy atom. The molecule has 0 saturated carbocycles. The number of likely N-dealkylation sites (N-methyl/N-ethyl adjacent to an activating group) is 1. The maximum absolute atomic E-state index is 12.1. The van der Waals surface area contributed by atoms with Gasteiger partial charge in [-0.15, -0.1) is 0 Å². The van der Waals surface area contributed by atoms with Crippen molar-refractivity contribution in [2.24, 2.45) is 5.92 Å². The van der Waals surface area contributed by atoms with Crippen LogP contribution in [0, 0.1) is 5.92 Å². The van der Waals surface area contributed by atoms with Gasteiger partial charge in [0.05, 0.1) is 12.0 Å². The van der Waals surface area contributed by atoms with Crippen LogP contribution in [0.3, 0.4) is 0 Å². The zero-order valence-electron chi connectivity index (χ0n) is 11.9. The number of amides is 1. The summed E-state index contributed by atoms with van der Waals surface area (Å²) in [5.74, 6) is -0.582. The second-order valence-corrected chi connectivity index (χ2v) is 5.17. The molecule has 1 amide bonds. The second-order valence-electron chi connectivity index (χ2n) is 5.17. The molecule has 1 N–H and O–H groups in total. The minimum atomic E-state index is -0.974. The van der Waals surface area contributed by atoms with E-state index in [1.54, 1.807) is 30.1 Å². The predicted octanol–water partition coefficient (Wildman–Crippen LogP) is 2.43. The van der Waals surface area contributed by atoms with Crippen molar-refractivity contribution in [3.8, 4) is 0 Å². The molecule has 0 aliphatic heterocycles. The summed E-state index contributed by atoms with van der Waals surface area (Å²) in [7, 11) is 1.79. The summed E-state index contributed by atoms with van der Waals surface area (Å²) >= 11 is 0. The Hall–Kier alpha value is -1.84. The Bertz CT molecular complexity index is 468. The molecule has 0 aliphatic carbocycles. The van der Waals surface area contributed by atoms with Gasteiger partial charge in [-0.2, -0.15) is 0 Å². The first-order valence-electron chi connectivity index (χ1n) is 6.40. The van der Waals surface area contributed by atoms with Crippen LogP contribution in [0.5, 0.6) is 0 Å². The quantitative estimate of drug-likeness (QED) is 0.887. The summed E-state index contributed by atoms with van der Waals surface area (Å²) in [6.45, 7) is 6.15. The van der Waals surface area contributed by atoms with Gasteiger partial charge in [0.1, 0.15) is 0 Å². The van der Waals surface area contributed by atoms with Crippen LogP contribution in [0.15, 0.2) is 24.3 Å². The van der Waals surface area contributed by atoms with E-state index in [-0.39, 0.29) is 23.9 Å². The van der Waals surface area contributed by atoms with E-state index in [0.29, 0.717) is 5.92 Å². The van der Waals surface area contributed by atoms with Crippen molar-refractivity contribution in [3.63, 3.8) is 0 Å². The Morgan fingerprint density at radius 1 is 1.26 bits per heavy atom. The van der Waals surface area contributed by atoms with Crippen molar-refractivity contribution in [3.05, 3.63) is 35.4 Å². The predicted molar refractivity (Wildman–Crippen MR) is 74.2 cm³/mol. The highest BCUT2D eigenvalue weighted by atomic mass is 16.4. The molecule has 4 nitrogen and oxygen atoms in total. The van der Waals surface area contributed by atoms with Crippen molar-refractivity contribution < 1.29 is 14.7 Å². The van der Waals surface area contributed by atoms with Gasteiger partial charge >= 0.3 is 5.97 Å².